The van der Waals surface area contributed by atoms with E-state index in [1.54, 1.807) is 13.0 Å². The number of nitro benzene ring substituents is 1. The highest BCUT2D eigenvalue weighted by molar-refractivity contribution is 7.80. The van der Waals surface area contributed by atoms with Gasteiger partial charge in [0.25, 0.3) is 5.69 Å². The molecule has 0 aromatic heterocycles. The van der Waals surface area contributed by atoms with Gasteiger partial charge in [0.05, 0.1) is 11.5 Å². The number of amides is 1. The minimum absolute atomic E-state index is 0.0496. The molecule has 8 heteroatoms. The summed E-state index contributed by atoms with van der Waals surface area (Å²) < 4.78 is 5.87. The smallest absolute Gasteiger partial charge is 0.271 e. The second-order valence-electron chi connectivity index (χ2n) is 8.27. The molecule has 0 aliphatic heterocycles. The minimum Gasteiger partial charge on any atom is -0.493 e. The lowest BCUT2D eigenvalue weighted by Crippen LogP contribution is -2.42. The summed E-state index contributed by atoms with van der Waals surface area (Å²) in [5.74, 6) is 0.639. The number of rotatable bonds is 8. The van der Waals surface area contributed by atoms with E-state index in [2.05, 4.69) is 10.6 Å². The molecule has 2 aromatic carbocycles. The Bertz CT molecular complexity index is 989. The van der Waals surface area contributed by atoms with Crippen molar-refractivity contribution in [3.05, 3.63) is 63.2 Å². The monoisotopic (exact) mass is 443 g/mol. The molecule has 0 aliphatic carbocycles. The number of carbonyl (C=O) groups is 1. The zero-order chi connectivity index (χ0) is 23.2. The third kappa shape index (κ3) is 7.03. The van der Waals surface area contributed by atoms with Gasteiger partial charge in [0.15, 0.2) is 5.11 Å². The van der Waals surface area contributed by atoms with Gasteiger partial charge in [0.1, 0.15) is 5.75 Å². The van der Waals surface area contributed by atoms with Gasteiger partial charge >= 0.3 is 0 Å². The maximum absolute atomic E-state index is 12.7. The zero-order valence-corrected chi connectivity index (χ0v) is 19.4. The summed E-state index contributed by atoms with van der Waals surface area (Å²) in [6.07, 6.45) is 1.32. The maximum Gasteiger partial charge on any atom is 0.271 e. The van der Waals surface area contributed by atoms with E-state index in [4.69, 9.17) is 17.0 Å². The first-order valence-electron chi connectivity index (χ1n) is 10.1. The van der Waals surface area contributed by atoms with E-state index in [1.807, 2.05) is 45.9 Å². The Labute approximate surface area is 188 Å². The quantitative estimate of drug-likeness (QED) is 0.251. The summed E-state index contributed by atoms with van der Waals surface area (Å²) in [7, 11) is 0. The van der Waals surface area contributed by atoms with Crippen LogP contribution in [0.4, 0.5) is 11.4 Å². The number of ether oxygens (including phenoxy) is 1. The van der Waals surface area contributed by atoms with Crippen LogP contribution in [0.15, 0.2) is 36.4 Å². The number of carbonyl (C=O) groups excluding carboxylic acids is 1. The largest absolute Gasteiger partial charge is 0.493 e. The Balaban J connectivity index is 1.87. The standard InChI is InChI=1S/C23H29N3O4S/c1-15-7-8-17(3)20(13-15)30-12-6-11-23(4,5)21(27)25-22(31)24-19-14-18(26(28)29)10-9-16(19)2/h7-10,13-14H,6,11-12H2,1-5H3,(H2,24,25,27,31). The summed E-state index contributed by atoms with van der Waals surface area (Å²) in [5, 5.41) is 16.6. The summed E-state index contributed by atoms with van der Waals surface area (Å²) in [6.45, 7) is 10.0. The molecule has 7 nitrogen and oxygen atoms in total. The van der Waals surface area contributed by atoms with Crippen molar-refractivity contribution >= 4 is 34.6 Å². The number of hydrogen-bond donors (Lipinski definition) is 2. The summed E-state index contributed by atoms with van der Waals surface area (Å²) in [5.41, 5.74) is 2.78. The molecular weight excluding hydrogens is 414 g/mol. The van der Waals surface area contributed by atoms with Crippen LogP contribution in [-0.4, -0.2) is 22.5 Å². The van der Waals surface area contributed by atoms with Gasteiger partial charge in [-0.25, -0.2) is 0 Å². The predicted molar refractivity (Wildman–Crippen MR) is 127 cm³/mol. The van der Waals surface area contributed by atoms with Crippen molar-refractivity contribution in [1.82, 2.24) is 5.32 Å². The second-order valence-corrected chi connectivity index (χ2v) is 8.68. The van der Waals surface area contributed by atoms with Crippen molar-refractivity contribution in [2.45, 2.75) is 47.5 Å². The molecule has 0 saturated carbocycles. The van der Waals surface area contributed by atoms with Gasteiger partial charge < -0.3 is 15.4 Å². The van der Waals surface area contributed by atoms with Gasteiger partial charge in [0.2, 0.25) is 5.91 Å². The lowest BCUT2D eigenvalue weighted by atomic mass is 9.87. The molecule has 2 N–H and O–H groups in total. The fourth-order valence-electron chi connectivity index (χ4n) is 2.96. The van der Waals surface area contributed by atoms with Crippen LogP contribution in [0.2, 0.25) is 0 Å². The Hall–Kier alpha value is -3.00. The highest BCUT2D eigenvalue weighted by Crippen LogP contribution is 2.25. The van der Waals surface area contributed by atoms with E-state index in [-0.39, 0.29) is 16.7 Å². The lowest BCUT2D eigenvalue weighted by molar-refractivity contribution is -0.384. The van der Waals surface area contributed by atoms with Gasteiger partial charge in [-0.1, -0.05) is 32.0 Å². The first-order chi connectivity index (χ1) is 14.5. The average molecular weight is 444 g/mol. The number of non-ortho nitro benzene ring substituents is 1. The average Bonchev–Trinajstić information content (AvgIpc) is 2.69. The fourth-order valence-corrected chi connectivity index (χ4v) is 3.16. The normalized spacial score (nSPS) is 11.0. The van der Waals surface area contributed by atoms with Crippen LogP contribution in [0.1, 0.15) is 43.4 Å². The number of anilines is 1. The second kappa shape index (κ2) is 10.3. The van der Waals surface area contributed by atoms with E-state index in [0.717, 1.165) is 22.4 Å². The van der Waals surface area contributed by atoms with Crippen molar-refractivity contribution < 1.29 is 14.5 Å². The molecule has 0 bridgehead atoms. The van der Waals surface area contributed by atoms with Gasteiger partial charge in [-0.15, -0.1) is 0 Å². The van der Waals surface area contributed by atoms with E-state index < -0.39 is 10.3 Å². The van der Waals surface area contributed by atoms with Crippen molar-refractivity contribution in [3.63, 3.8) is 0 Å². The number of nitrogens with one attached hydrogen (secondary N) is 2. The van der Waals surface area contributed by atoms with Gasteiger partial charge in [-0.05, 0) is 68.6 Å². The van der Waals surface area contributed by atoms with Crippen LogP contribution in [0, 0.1) is 36.3 Å². The number of nitrogens with zero attached hydrogens (tertiary/aromatic N) is 1. The molecule has 0 radical (unpaired) electrons. The summed E-state index contributed by atoms with van der Waals surface area (Å²) >= 11 is 5.24. The predicted octanol–water partition coefficient (Wildman–Crippen LogP) is 5.22. The molecule has 2 rings (SSSR count). The van der Waals surface area contributed by atoms with Crippen LogP contribution >= 0.6 is 12.2 Å². The SMILES string of the molecule is Cc1ccc(C)c(OCCCC(C)(C)C(=O)NC(=S)Nc2cc([N+](=O)[O-])ccc2C)c1. The van der Waals surface area contributed by atoms with Crippen molar-refractivity contribution in [2.75, 3.05) is 11.9 Å². The number of aryl methyl sites for hydroxylation is 3. The fraction of sp³-hybridized carbons (Fsp3) is 0.391. The molecule has 31 heavy (non-hydrogen) atoms. The van der Waals surface area contributed by atoms with Crippen LogP contribution in [0.25, 0.3) is 0 Å². The topological polar surface area (TPSA) is 93.5 Å². The van der Waals surface area contributed by atoms with Gasteiger partial charge in [-0.2, -0.15) is 0 Å². The molecule has 0 atom stereocenters. The van der Waals surface area contributed by atoms with Crippen LogP contribution in [0.3, 0.4) is 0 Å². The van der Waals surface area contributed by atoms with Crippen molar-refractivity contribution in [1.29, 1.82) is 0 Å². The molecule has 0 spiro atoms. The maximum atomic E-state index is 12.7. The summed E-state index contributed by atoms with van der Waals surface area (Å²) in [6, 6.07) is 10.5. The number of benzene rings is 2. The highest BCUT2D eigenvalue weighted by Gasteiger charge is 2.28. The summed E-state index contributed by atoms with van der Waals surface area (Å²) in [4.78, 5) is 23.2. The Morgan fingerprint density at radius 1 is 1.13 bits per heavy atom. The van der Waals surface area contributed by atoms with Gasteiger partial charge in [-0.3, -0.25) is 14.9 Å². The molecule has 1 amide bonds. The Morgan fingerprint density at radius 3 is 2.48 bits per heavy atom. The lowest BCUT2D eigenvalue weighted by Gasteiger charge is -2.24. The number of thiocarbonyl (C=S) groups is 1. The van der Waals surface area contributed by atoms with Crippen molar-refractivity contribution in [2.24, 2.45) is 5.41 Å². The Kier molecular flexibility index (Phi) is 8.10. The van der Waals surface area contributed by atoms with Crippen molar-refractivity contribution in [3.8, 4) is 5.75 Å². The molecule has 0 aliphatic rings. The molecular formula is C23H29N3O4S. The third-order valence-electron chi connectivity index (χ3n) is 5.07. The van der Waals surface area contributed by atoms with Crippen LogP contribution < -0.4 is 15.4 Å². The van der Waals surface area contributed by atoms with E-state index in [0.29, 0.717) is 25.1 Å². The third-order valence-corrected chi connectivity index (χ3v) is 5.27. The molecule has 0 unspecified atom stereocenters. The first-order valence-corrected chi connectivity index (χ1v) is 10.5. The highest BCUT2D eigenvalue weighted by atomic mass is 32.1. The molecule has 2 aromatic rings. The number of nitro groups is 1. The molecule has 0 fully saturated rings. The first kappa shape index (κ1) is 24.3. The molecule has 0 heterocycles. The van der Waals surface area contributed by atoms with E-state index >= 15 is 0 Å². The zero-order valence-electron chi connectivity index (χ0n) is 18.6. The molecule has 0 saturated heterocycles. The number of hydrogen-bond acceptors (Lipinski definition) is 5. The van der Waals surface area contributed by atoms with Crippen LogP contribution in [-0.2, 0) is 4.79 Å². The van der Waals surface area contributed by atoms with Crippen LogP contribution in [0.5, 0.6) is 5.75 Å². The molecule has 166 valence electrons. The Morgan fingerprint density at radius 2 is 1.81 bits per heavy atom. The van der Waals surface area contributed by atoms with E-state index in [9.17, 15) is 14.9 Å². The minimum atomic E-state index is -0.658. The van der Waals surface area contributed by atoms with E-state index in [1.165, 1.54) is 12.1 Å². The van der Waals surface area contributed by atoms with Gasteiger partial charge in [0, 0.05) is 23.2 Å².